The van der Waals surface area contributed by atoms with E-state index < -0.39 is 17.6 Å². The van der Waals surface area contributed by atoms with Gasteiger partial charge in [0.2, 0.25) is 0 Å². The molecule has 1 radical (unpaired) electrons. The molecule has 1 aromatic rings. The van der Waals surface area contributed by atoms with Crippen LogP contribution in [0.1, 0.15) is 31.1 Å². The second kappa shape index (κ2) is 5.34. The average Bonchev–Trinajstić information content (AvgIpc) is 2.25. The minimum Gasteiger partial charge on any atom is -0.443 e. The molecule has 0 aromatic heterocycles. The van der Waals surface area contributed by atoms with Gasteiger partial charge < -0.3 is 4.74 Å². The van der Waals surface area contributed by atoms with E-state index in [1.165, 1.54) is 0 Å². The summed E-state index contributed by atoms with van der Waals surface area (Å²) in [5.41, 5.74) is 5.26. The Bertz CT molecular complexity index is 396. The summed E-state index contributed by atoms with van der Waals surface area (Å²) in [5.74, 6) is -0.517. The van der Waals surface area contributed by atoms with Crippen LogP contribution in [0.15, 0.2) is 30.3 Å². The Labute approximate surface area is 100 Å². The molecule has 1 aromatic carbocycles. The van der Waals surface area contributed by atoms with E-state index in [1.54, 1.807) is 51.1 Å². The summed E-state index contributed by atoms with van der Waals surface area (Å²) in [6, 6.07) is 8.45. The van der Waals surface area contributed by atoms with Crippen LogP contribution < -0.4 is 10.9 Å². The lowest BCUT2D eigenvalue weighted by atomic mass is 10.2. The molecule has 2 amide bonds. The van der Waals surface area contributed by atoms with Gasteiger partial charge in [-0.05, 0) is 32.9 Å². The Balaban J connectivity index is 2.42. The summed E-state index contributed by atoms with van der Waals surface area (Å²) < 4.78 is 4.93. The lowest BCUT2D eigenvalue weighted by Crippen LogP contribution is -2.39. The zero-order chi connectivity index (χ0) is 12.9. The van der Waals surface area contributed by atoms with Crippen molar-refractivity contribution in [3.63, 3.8) is 0 Å². The van der Waals surface area contributed by atoms with Gasteiger partial charge in [-0.15, -0.1) is 5.43 Å². The highest BCUT2D eigenvalue weighted by molar-refractivity contribution is 5.94. The highest BCUT2D eigenvalue weighted by Crippen LogP contribution is 2.06. The Kier molecular flexibility index (Phi) is 4.09. The lowest BCUT2D eigenvalue weighted by molar-refractivity contribution is 0.0479. The van der Waals surface area contributed by atoms with Crippen LogP contribution in [0, 0.1) is 0 Å². The summed E-state index contributed by atoms with van der Waals surface area (Å²) in [5, 5.41) is 0. The molecule has 0 bridgehead atoms. The summed E-state index contributed by atoms with van der Waals surface area (Å²) in [4.78, 5) is 22.7. The number of benzene rings is 1. The topological polar surface area (TPSA) is 69.5 Å². The number of rotatable bonds is 1. The van der Waals surface area contributed by atoms with Crippen LogP contribution in [0.25, 0.3) is 0 Å². The van der Waals surface area contributed by atoms with Crippen LogP contribution in [-0.4, -0.2) is 17.6 Å². The third-order valence-corrected chi connectivity index (χ3v) is 1.67. The number of carbonyl (C=O) groups is 2. The Hall–Kier alpha value is -2.04. The van der Waals surface area contributed by atoms with E-state index in [9.17, 15) is 9.59 Å². The van der Waals surface area contributed by atoms with E-state index in [0.29, 0.717) is 5.56 Å². The maximum Gasteiger partial charge on any atom is 0.428 e. The SMILES string of the molecule is CC(C)(C)OC(=O)N[N]C(=O)c1ccccc1. The first-order valence-electron chi connectivity index (χ1n) is 5.17. The van der Waals surface area contributed by atoms with Crippen molar-refractivity contribution in [1.29, 1.82) is 0 Å². The number of ether oxygens (including phenoxy) is 1. The molecule has 1 rings (SSSR count). The molecule has 0 fully saturated rings. The molecule has 5 heteroatoms. The first kappa shape index (κ1) is 13.0. The van der Waals surface area contributed by atoms with Crippen molar-refractivity contribution in [1.82, 2.24) is 10.9 Å². The van der Waals surface area contributed by atoms with Gasteiger partial charge in [-0.25, -0.2) is 10.2 Å². The van der Waals surface area contributed by atoms with Crippen molar-refractivity contribution in [2.75, 3.05) is 0 Å². The number of nitrogens with one attached hydrogen (secondary N) is 1. The fraction of sp³-hybridized carbons (Fsp3) is 0.333. The quantitative estimate of drug-likeness (QED) is 0.755. The number of nitrogens with zero attached hydrogens (tertiary/aromatic N) is 1. The molecule has 5 nitrogen and oxygen atoms in total. The van der Waals surface area contributed by atoms with E-state index >= 15 is 0 Å². The first-order chi connectivity index (χ1) is 7.88. The van der Waals surface area contributed by atoms with Gasteiger partial charge in [0, 0.05) is 5.56 Å². The van der Waals surface area contributed by atoms with Crippen molar-refractivity contribution >= 4 is 12.0 Å². The third-order valence-electron chi connectivity index (χ3n) is 1.67. The molecule has 0 saturated carbocycles. The number of hydrogen-bond acceptors (Lipinski definition) is 3. The molecular formula is C12H15N2O3. The second-order valence-corrected chi connectivity index (χ2v) is 4.40. The molecule has 0 aliphatic carbocycles. The zero-order valence-corrected chi connectivity index (χ0v) is 10.1. The molecular weight excluding hydrogens is 220 g/mol. The normalized spacial score (nSPS) is 10.5. The number of hydrogen-bond donors (Lipinski definition) is 1. The van der Waals surface area contributed by atoms with Gasteiger partial charge in [-0.3, -0.25) is 4.79 Å². The van der Waals surface area contributed by atoms with E-state index in [0.717, 1.165) is 0 Å². The van der Waals surface area contributed by atoms with Crippen LogP contribution in [0.4, 0.5) is 4.79 Å². The molecule has 1 N–H and O–H groups in total. The van der Waals surface area contributed by atoms with Crippen LogP contribution in [0.3, 0.4) is 0 Å². The molecule has 17 heavy (non-hydrogen) atoms. The Morgan fingerprint density at radius 3 is 2.29 bits per heavy atom. The standard InChI is InChI=1S/C12H15N2O3/c1-12(2,3)17-11(16)14-13-10(15)9-7-5-4-6-8-9/h4-8H,1-3H3,(H,14,16). The average molecular weight is 235 g/mol. The second-order valence-electron chi connectivity index (χ2n) is 4.40. The van der Waals surface area contributed by atoms with Crippen molar-refractivity contribution < 1.29 is 14.3 Å². The van der Waals surface area contributed by atoms with Crippen LogP contribution in [-0.2, 0) is 4.74 Å². The Morgan fingerprint density at radius 1 is 1.18 bits per heavy atom. The highest BCUT2D eigenvalue weighted by atomic mass is 16.6. The minimum absolute atomic E-state index is 0.406. The van der Waals surface area contributed by atoms with Crippen LogP contribution >= 0.6 is 0 Å². The predicted molar refractivity (Wildman–Crippen MR) is 62.3 cm³/mol. The van der Waals surface area contributed by atoms with Gasteiger partial charge in [-0.2, -0.15) is 0 Å². The first-order valence-corrected chi connectivity index (χ1v) is 5.17. The molecule has 0 atom stereocenters. The van der Waals surface area contributed by atoms with E-state index in [4.69, 9.17) is 4.74 Å². The molecule has 0 spiro atoms. The monoisotopic (exact) mass is 235 g/mol. The van der Waals surface area contributed by atoms with Crippen LogP contribution in [0.5, 0.6) is 0 Å². The summed E-state index contributed by atoms with van der Waals surface area (Å²) in [6.07, 6.45) is -0.748. The van der Waals surface area contributed by atoms with Gasteiger partial charge in [0.05, 0.1) is 0 Å². The maximum absolute atomic E-state index is 11.5. The van der Waals surface area contributed by atoms with Gasteiger partial charge in [-0.1, -0.05) is 18.2 Å². The molecule has 91 valence electrons. The van der Waals surface area contributed by atoms with Crippen molar-refractivity contribution in [2.45, 2.75) is 26.4 Å². The zero-order valence-electron chi connectivity index (χ0n) is 10.1. The maximum atomic E-state index is 11.5. The predicted octanol–water partition coefficient (Wildman–Crippen LogP) is 1.87. The number of amides is 2. The summed E-state index contributed by atoms with van der Waals surface area (Å²) >= 11 is 0. The summed E-state index contributed by atoms with van der Waals surface area (Å²) in [6.45, 7) is 5.18. The summed E-state index contributed by atoms with van der Waals surface area (Å²) in [7, 11) is 0. The Morgan fingerprint density at radius 2 is 1.76 bits per heavy atom. The van der Waals surface area contributed by atoms with Crippen LogP contribution in [0.2, 0.25) is 0 Å². The molecule has 0 unspecified atom stereocenters. The molecule has 0 saturated heterocycles. The fourth-order valence-corrected chi connectivity index (χ4v) is 1.04. The molecule has 0 aliphatic rings. The van der Waals surface area contributed by atoms with Gasteiger partial charge in [0.25, 0.3) is 5.91 Å². The molecule has 0 heterocycles. The van der Waals surface area contributed by atoms with Crippen molar-refractivity contribution in [3.05, 3.63) is 35.9 Å². The fourth-order valence-electron chi connectivity index (χ4n) is 1.04. The molecule has 0 aliphatic heterocycles. The number of carbonyl (C=O) groups excluding carboxylic acids is 2. The van der Waals surface area contributed by atoms with Gasteiger partial charge >= 0.3 is 6.09 Å². The highest BCUT2D eigenvalue weighted by Gasteiger charge is 2.17. The third kappa shape index (κ3) is 5.01. The minimum atomic E-state index is -0.748. The largest absolute Gasteiger partial charge is 0.443 e. The lowest BCUT2D eigenvalue weighted by Gasteiger charge is -2.18. The van der Waals surface area contributed by atoms with Crippen molar-refractivity contribution in [2.24, 2.45) is 0 Å². The van der Waals surface area contributed by atoms with Gasteiger partial charge in [0.15, 0.2) is 0 Å². The van der Waals surface area contributed by atoms with E-state index in [1.807, 2.05) is 0 Å². The van der Waals surface area contributed by atoms with E-state index in [-0.39, 0.29) is 0 Å². The smallest absolute Gasteiger partial charge is 0.428 e. The van der Waals surface area contributed by atoms with Gasteiger partial charge in [0.1, 0.15) is 5.60 Å². The van der Waals surface area contributed by atoms with Crippen molar-refractivity contribution in [3.8, 4) is 0 Å². The van der Waals surface area contributed by atoms with E-state index in [2.05, 4.69) is 10.9 Å².